The Morgan fingerprint density at radius 3 is 2.78 bits per heavy atom. The van der Waals surface area contributed by atoms with Crippen LogP contribution in [0.25, 0.3) is 0 Å². The summed E-state index contributed by atoms with van der Waals surface area (Å²) < 4.78 is 42.6. The number of ether oxygens (including phenoxy) is 1. The molecule has 1 aromatic heterocycles. The Morgan fingerprint density at radius 2 is 2.22 bits per heavy atom. The van der Waals surface area contributed by atoms with E-state index >= 15 is 0 Å². The van der Waals surface area contributed by atoms with Crippen LogP contribution < -0.4 is 0 Å². The van der Waals surface area contributed by atoms with E-state index < -0.39 is 18.1 Å². The Kier molecular flexibility index (Phi) is 3.27. The van der Waals surface area contributed by atoms with Crippen molar-refractivity contribution in [3.05, 3.63) is 12.2 Å². The second-order valence-electron chi connectivity index (χ2n) is 4.36. The van der Waals surface area contributed by atoms with Crippen molar-refractivity contribution >= 4 is 5.97 Å². The quantitative estimate of drug-likeness (QED) is 0.778. The molecule has 18 heavy (non-hydrogen) atoms. The molecular weight excluding hydrogens is 251 g/mol. The topological polar surface area (TPSA) is 57.0 Å². The molecule has 1 fully saturated rings. The van der Waals surface area contributed by atoms with Crippen molar-refractivity contribution in [3.8, 4) is 0 Å². The molecule has 2 rings (SSSR count). The zero-order valence-corrected chi connectivity index (χ0v) is 9.65. The van der Waals surface area contributed by atoms with E-state index in [4.69, 9.17) is 0 Å². The van der Waals surface area contributed by atoms with Crippen LogP contribution in [0.15, 0.2) is 6.33 Å². The van der Waals surface area contributed by atoms with Crippen molar-refractivity contribution in [2.75, 3.05) is 7.11 Å². The lowest BCUT2D eigenvalue weighted by Crippen LogP contribution is -2.37. The third-order valence-corrected chi connectivity index (χ3v) is 3.05. The van der Waals surface area contributed by atoms with Gasteiger partial charge in [0.25, 0.3) is 5.82 Å². The van der Waals surface area contributed by atoms with E-state index in [0.29, 0.717) is 6.54 Å². The molecule has 1 heterocycles. The molecule has 0 unspecified atom stereocenters. The summed E-state index contributed by atoms with van der Waals surface area (Å²) in [5.74, 6) is -2.00. The molecule has 0 aromatic carbocycles. The first-order valence-electron chi connectivity index (χ1n) is 5.44. The maximum Gasteiger partial charge on any atom is 0.391 e. The van der Waals surface area contributed by atoms with Gasteiger partial charge in [0.15, 0.2) is 0 Å². The van der Waals surface area contributed by atoms with Gasteiger partial charge in [-0.1, -0.05) is 0 Å². The lowest BCUT2D eigenvalue weighted by Gasteiger charge is -2.36. The number of carbonyl (C=O) groups is 1. The van der Waals surface area contributed by atoms with E-state index in [1.165, 1.54) is 18.1 Å². The second-order valence-corrected chi connectivity index (χ2v) is 4.36. The number of rotatable bonds is 3. The zero-order valence-electron chi connectivity index (χ0n) is 9.65. The molecule has 0 bridgehead atoms. The highest BCUT2D eigenvalue weighted by Crippen LogP contribution is 2.45. The summed E-state index contributed by atoms with van der Waals surface area (Å²) in [6.45, 7) is 0.344. The first-order valence-corrected chi connectivity index (χ1v) is 5.44. The number of nitrogens with zero attached hydrogens (tertiary/aromatic N) is 3. The van der Waals surface area contributed by atoms with E-state index in [1.54, 1.807) is 0 Å². The second kappa shape index (κ2) is 4.58. The average Bonchev–Trinajstić information content (AvgIpc) is 2.68. The summed E-state index contributed by atoms with van der Waals surface area (Å²) in [5.41, 5.74) is 0. The fraction of sp³-hybridized carbons (Fsp3) is 0.700. The largest absolute Gasteiger partial charge is 0.463 e. The Hall–Kier alpha value is -1.60. The average molecular weight is 263 g/mol. The third kappa shape index (κ3) is 2.62. The molecule has 5 nitrogen and oxygen atoms in total. The Bertz CT molecular complexity index is 438. The number of alkyl halides is 3. The van der Waals surface area contributed by atoms with Gasteiger partial charge in [0.05, 0.1) is 13.0 Å². The zero-order chi connectivity index (χ0) is 13.3. The maximum absolute atomic E-state index is 12.3. The van der Waals surface area contributed by atoms with Crippen LogP contribution in [0.4, 0.5) is 13.2 Å². The van der Waals surface area contributed by atoms with Crippen molar-refractivity contribution in [1.82, 2.24) is 14.8 Å². The Balaban J connectivity index is 1.85. The minimum absolute atomic E-state index is 0.0659. The number of esters is 1. The summed E-state index contributed by atoms with van der Waals surface area (Å²) >= 11 is 0. The number of hydrogen-bond acceptors (Lipinski definition) is 4. The number of aromatic nitrogens is 3. The molecule has 0 spiro atoms. The molecule has 1 aliphatic rings. The van der Waals surface area contributed by atoms with Crippen LogP contribution in [0.1, 0.15) is 23.5 Å². The van der Waals surface area contributed by atoms with E-state index in [2.05, 4.69) is 14.8 Å². The number of methoxy groups -OCH3 is 1. The van der Waals surface area contributed by atoms with Gasteiger partial charge in [0, 0.05) is 6.54 Å². The number of halogens is 3. The summed E-state index contributed by atoms with van der Waals surface area (Å²) in [6.07, 6.45) is -2.56. The van der Waals surface area contributed by atoms with E-state index in [-0.39, 0.29) is 24.6 Å². The molecule has 0 amide bonds. The Labute approximate surface area is 101 Å². The van der Waals surface area contributed by atoms with Crippen LogP contribution in [0.5, 0.6) is 0 Å². The first-order chi connectivity index (χ1) is 8.40. The molecule has 0 saturated heterocycles. The van der Waals surface area contributed by atoms with Crippen LogP contribution in [-0.2, 0) is 11.3 Å². The summed E-state index contributed by atoms with van der Waals surface area (Å²) in [4.78, 5) is 14.8. The van der Waals surface area contributed by atoms with Gasteiger partial charge in [-0.05, 0) is 18.8 Å². The van der Waals surface area contributed by atoms with Gasteiger partial charge in [-0.2, -0.15) is 13.2 Å². The minimum atomic E-state index is -4.10. The van der Waals surface area contributed by atoms with Crippen LogP contribution in [0.2, 0.25) is 0 Å². The fourth-order valence-corrected chi connectivity index (χ4v) is 1.98. The smallest absolute Gasteiger partial charge is 0.391 e. The van der Waals surface area contributed by atoms with Gasteiger partial charge in [0.1, 0.15) is 6.33 Å². The van der Waals surface area contributed by atoms with E-state index in [0.717, 1.165) is 0 Å². The SMILES string of the molecule is COC(=O)c1ncn(CC2CC(C(F)(F)F)C2)n1. The minimum Gasteiger partial charge on any atom is -0.463 e. The van der Waals surface area contributed by atoms with Crippen LogP contribution in [-0.4, -0.2) is 34.0 Å². The van der Waals surface area contributed by atoms with Crippen LogP contribution >= 0.6 is 0 Å². The van der Waals surface area contributed by atoms with Crippen LogP contribution in [0.3, 0.4) is 0 Å². The van der Waals surface area contributed by atoms with Crippen molar-refractivity contribution in [1.29, 1.82) is 0 Å². The summed E-state index contributed by atoms with van der Waals surface area (Å²) in [5, 5.41) is 3.84. The molecule has 0 radical (unpaired) electrons. The lowest BCUT2D eigenvalue weighted by molar-refractivity contribution is -0.205. The highest BCUT2D eigenvalue weighted by atomic mass is 19.4. The molecule has 8 heteroatoms. The molecule has 1 saturated carbocycles. The predicted octanol–water partition coefficient (Wildman–Crippen LogP) is 1.65. The highest BCUT2D eigenvalue weighted by molar-refractivity contribution is 5.84. The van der Waals surface area contributed by atoms with E-state index in [1.807, 2.05) is 0 Å². The number of hydrogen-bond donors (Lipinski definition) is 0. The van der Waals surface area contributed by atoms with E-state index in [9.17, 15) is 18.0 Å². The molecule has 100 valence electrons. The lowest BCUT2D eigenvalue weighted by atomic mass is 9.74. The van der Waals surface area contributed by atoms with Gasteiger partial charge in [-0.3, -0.25) is 4.68 Å². The van der Waals surface area contributed by atoms with Gasteiger partial charge >= 0.3 is 12.1 Å². The molecule has 0 aliphatic heterocycles. The van der Waals surface area contributed by atoms with Crippen molar-refractivity contribution in [2.24, 2.45) is 11.8 Å². The summed E-state index contributed by atoms with van der Waals surface area (Å²) in [7, 11) is 1.21. The monoisotopic (exact) mass is 263 g/mol. The maximum atomic E-state index is 12.3. The van der Waals surface area contributed by atoms with Gasteiger partial charge in [-0.25, -0.2) is 9.78 Å². The summed E-state index contributed by atoms with van der Waals surface area (Å²) in [6, 6.07) is 0. The van der Waals surface area contributed by atoms with Gasteiger partial charge in [-0.15, -0.1) is 5.10 Å². The fourth-order valence-electron chi connectivity index (χ4n) is 1.98. The molecular formula is C10H12F3N3O2. The normalized spacial score (nSPS) is 23.6. The van der Waals surface area contributed by atoms with Gasteiger partial charge in [0.2, 0.25) is 0 Å². The molecule has 1 aromatic rings. The highest BCUT2D eigenvalue weighted by Gasteiger charge is 2.47. The molecule has 1 aliphatic carbocycles. The molecule has 0 atom stereocenters. The first kappa shape index (κ1) is 12.8. The van der Waals surface area contributed by atoms with Gasteiger partial charge < -0.3 is 4.74 Å². The van der Waals surface area contributed by atoms with Crippen molar-refractivity contribution in [2.45, 2.75) is 25.6 Å². The molecule has 0 N–H and O–H groups in total. The number of carbonyl (C=O) groups excluding carboxylic acids is 1. The third-order valence-electron chi connectivity index (χ3n) is 3.05. The van der Waals surface area contributed by atoms with Crippen molar-refractivity contribution < 1.29 is 22.7 Å². The van der Waals surface area contributed by atoms with Crippen molar-refractivity contribution in [3.63, 3.8) is 0 Å². The predicted molar refractivity (Wildman–Crippen MR) is 53.6 cm³/mol. The Morgan fingerprint density at radius 1 is 1.56 bits per heavy atom. The van der Waals surface area contributed by atoms with Crippen LogP contribution in [0, 0.1) is 11.8 Å². The standard InChI is InChI=1S/C10H12F3N3O2/c1-18-9(17)8-14-5-16(15-8)4-6-2-7(3-6)10(11,12)13/h5-7H,2-4H2,1H3.